The van der Waals surface area contributed by atoms with E-state index in [4.69, 9.17) is 9.72 Å². The van der Waals surface area contributed by atoms with Crippen LogP contribution in [0.2, 0.25) is 0 Å². The number of para-hydroxylation sites is 1. The Labute approximate surface area is 165 Å². The van der Waals surface area contributed by atoms with Crippen molar-refractivity contribution in [3.63, 3.8) is 0 Å². The fourth-order valence-corrected chi connectivity index (χ4v) is 3.21. The fourth-order valence-electron chi connectivity index (χ4n) is 3.21. The number of aromatic nitrogens is 3. The summed E-state index contributed by atoms with van der Waals surface area (Å²) in [4.78, 5) is 17.7. The maximum atomic E-state index is 12.9. The zero-order valence-electron chi connectivity index (χ0n) is 17.0. The molecule has 0 bridgehead atoms. The van der Waals surface area contributed by atoms with Crippen LogP contribution in [0.3, 0.4) is 0 Å². The number of benzene rings is 1. The molecule has 0 saturated heterocycles. The second-order valence-corrected chi connectivity index (χ2v) is 7.06. The molecule has 6 heteroatoms. The first-order valence-corrected chi connectivity index (χ1v) is 9.83. The Morgan fingerprint density at radius 2 is 2.07 bits per heavy atom. The number of aryl methyl sites for hydroxylation is 1. The third-order valence-electron chi connectivity index (χ3n) is 4.70. The van der Waals surface area contributed by atoms with Crippen LogP contribution >= 0.6 is 0 Å². The van der Waals surface area contributed by atoms with Crippen LogP contribution in [0, 0.1) is 6.92 Å². The first-order valence-electron chi connectivity index (χ1n) is 9.83. The molecule has 1 aromatic carbocycles. The van der Waals surface area contributed by atoms with Crippen LogP contribution in [0.25, 0.3) is 22.2 Å². The van der Waals surface area contributed by atoms with E-state index in [1.807, 2.05) is 62.0 Å². The van der Waals surface area contributed by atoms with E-state index in [1.165, 1.54) is 0 Å². The third kappa shape index (κ3) is 4.39. The molecule has 28 heavy (non-hydrogen) atoms. The Morgan fingerprint density at radius 1 is 1.29 bits per heavy atom. The van der Waals surface area contributed by atoms with Crippen LogP contribution in [0.15, 0.2) is 36.5 Å². The number of rotatable bonds is 8. The van der Waals surface area contributed by atoms with Crippen LogP contribution in [0.5, 0.6) is 0 Å². The van der Waals surface area contributed by atoms with Crippen molar-refractivity contribution in [1.29, 1.82) is 0 Å². The van der Waals surface area contributed by atoms with E-state index in [-0.39, 0.29) is 12.0 Å². The maximum absolute atomic E-state index is 12.9. The van der Waals surface area contributed by atoms with Crippen LogP contribution in [-0.2, 0) is 11.3 Å². The van der Waals surface area contributed by atoms with Crippen LogP contribution < -0.4 is 5.32 Å². The van der Waals surface area contributed by atoms with Crippen molar-refractivity contribution in [2.24, 2.45) is 0 Å². The summed E-state index contributed by atoms with van der Waals surface area (Å²) in [7, 11) is 0. The third-order valence-corrected chi connectivity index (χ3v) is 4.70. The van der Waals surface area contributed by atoms with Crippen molar-refractivity contribution >= 4 is 16.8 Å². The van der Waals surface area contributed by atoms with Crippen molar-refractivity contribution in [2.75, 3.05) is 13.2 Å². The molecule has 1 N–H and O–H groups in total. The van der Waals surface area contributed by atoms with Crippen LogP contribution in [0.1, 0.15) is 43.2 Å². The number of fused-ring (bicyclic) bond motifs is 1. The molecule has 0 aliphatic rings. The average molecular weight is 380 g/mol. The second kappa shape index (κ2) is 8.97. The van der Waals surface area contributed by atoms with Gasteiger partial charge in [-0.3, -0.25) is 9.48 Å². The standard InChI is InChI=1S/C22H28N4O2/c1-5-26-16(4)19(14-24-26)21-13-18(17-9-6-7-10-20(17)25-21)22(27)23-11-8-12-28-15(2)3/h6-7,9-10,13-15H,5,8,11-12H2,1-4H3,(H,23,27). The summed E-state index contributed by atoms with van der Waals surface area (Å²) in [5, 5.41) is 8.27. The Bertz CT molecular complexity index is 962. The normalized spacial score (nSPS) is 11.3. The highest BCUT2D eigenvalue weighted by molar-refractivity contribution is 6.07. The summed E-state index contributed by atoms with van der Waals surface area (Å²) in [6.07, 6.45) is 2.80. The van der Waals surface area contributed by atoms with E-state index in [2.05, 4.69) is 17.3 Å². The van der Waals surface area contributed by atoms with E-state index < -0.39 is 0 Å². The number of carbonyl (C=O) groups is 1. The predicted octanol–water partition coefficient (Wildman–Crippen LogP) is 3.97. The topological polar surface area (TPSA) is 69.0 Å². The molecular weight excluding hydrogens is 352 g/mol. The molecule has 0 radical (unpaired) electrons. The summed E-state index contributed by atoms with van der Waals surface area (Å²) in [5.41, 5.74) is 4.20. The highest BCUT2D eigenvalue weighted by Gasteiger charge is 2.16. The highest BCUT2D eigenvalue weighted by atomic mass is 16.5. The number of hydrogen-bond acceptors (Lipinski definition) is 4. The Morgan fingerprint density at radius 3 is 2.79 bits per heavy atom. The lowest BCUT2D eigenvalue weighted by atomic mass is 10.0. The molecule has 3 rings (SSSR count). The summed E-state index contributed by atoms with van der Waals surface area (Å²) >= 11 is 0. The van der Waals surface area contributed by atoms with Gasteiger partial charge in [0.25, 0.3) is 5.91 Å². The molecule has 0 aliphatic carbocycles. The molecule has 0 fully saturated rings. The number of carbonyl (C=O) groups excluding carboxylic acids is 1. The zero-order valence-corrected chi connectivity index (χ0v) is 17.0. The van der Waals surface area contributed by atoms with Gasteiger partial charge in [0, 0.05) is 36.3 Å². The lowest BCUT2D eigenvalue weighted by molar-refractivity contribution is 0.0757. The number of amides is 1. The van der Waals surface area contributed by atoms with Gasteiger partial charge in [0.05, 0.1) is 29.1 Å². The quantitative estimate of drug-likeness (QED) is 0.600. The van der Waals surface area contributed by atoms with Gasteiger partial charge in [-0.05, 0) is 46.2 Å². The first kappa shape index (κ1) is 20.0. The fraction of sp³-hybridized carbons (Fsp3) is 0.409. The molecule has 3 aromatic rings. The highest BCUT2D eigenvalue weighted by Crippen LogP contribution is 2.27. The molecule has 0 aliphatic heterocycles. The van der Waals surface area contributed by atoms with E-state index in [0.29, 0.717) is 18.7 Å². The molecule has 6 nitrogen and oxygen atoms in total. The van der Waals surface area contributed by atoms with E-state index >= 15 is 0 Å². The smallest absolute Gasteiger partial charge is 0.252 e. The van der Waals surface area contributed by atoms with Crippen molar-refractivity contribution in [3.05, 3.63) is 47.8 Å². The lowest BCUT2D eigenvalue weighted by Crippen LogP contribution is -2.26. The number of pyridine rings is 1. The number of hydrogen-bond donors (Lipinski definition) is 1. The number of nitrogens with zero attached hydrogens (tertiary/aromatic N) is 3. The molecule has 1 amide bonds. The van der Waals surface area contributed by atoms with Crippen molar-refractivity contribution in [1.82, 2.24) is 20.1 Å². The maximum Gasteiger partial charge on any atom is 0.252 e. The summed E-state index contributed by atoms with van der Waals surface area (Å²) < 4.78 is 7.46. The Hall–Kier alpha value is -2.73. The average Bonchev–Trinajstić information content (AvgIpc) is 3.07. The van der Waals surface area contributed by atoms with E-state index in [0.717, 1.165) is 40.8 Å². The molecule has 0 saturated carbocycles. The second-order valence-electron chi connectivity index (χ2n) is 7.06. The summed E-state index contributed by atoms with van der Waals surface area (Å²) in [5.74, 6) is -0.0927. The number of nitrogens with one attached hydrogen (secondary N) is 1. The number of ether oxygens (including phenoxy) is 1. The lowest BCUT2D eigenvalue weighted by Gasteiger charge is -2.11. The molecule has 0 unspecified atom stereocenters. The van der Waals surface area contributed by atoms with Gasteiger partial charge in [-0.1, -0.05) is 18.2 Å². The molecule has 2 aromatic heterocycles. The van der Waals surface area contributed by atoms with Crippen molar-refractivity contribution in [3.8, 4) is 11.3 Å². The van der Waals surface area contributed by atoms with Gasteiger partial charge < -0.3 is 10.1 Å². The Balaban J connectivity index is 1.88. The minimum Gasteiger partial charge on any atom is -0.379 e. The van der Waals surface area contributed by atoms with Gasteiger partial charge in [-0.15, -0.1) is 0 Å². The van der Waals surface area contributed by atoms with Gasteiger partial charge in [-0.2, -0.15) is 5.10 Å². The predicted molar refractivity (Wildman–Crippen MR) is 111 cm³/mol. The summed E-state index contributed by atoms with van der Waals surface area (Å²) in [6, 6.07) is 9.60. The molecule has 148 valence electrons. The first-order chi connectivity index (χ1) is 13.5. The summed E-state index contributed by atoms with van der Waals surface area (Å²) in [6.45, 7) is 10.1. The van der Waals surface area contributed by atoms with Gasteiger partial charge in [0.1, 0.15) is 0 Å². The van der Waals surface area contributed by atoms with Crippen molar-refractivity contribution < 1.29 is 9.53 Å². The van der Waals surface area contributed by atoms with Gasteiger partial charge in [0.2, 0.25) is 0 Å². The molecule has 0 atom stereocenters. The monoisotopic (exact) mass is 380 g/mol. The Kier molecular flexibility index (Phi) is 6.41. The minimum atomic E-state index is -0.0927. The van der Waals surface area contributed by atoms with Crippen molar-refractivity contribution in [2.45, 2.75) is 46.8 Å². The molecule has 0 spiro atoms. The van der Waals surface area contributed by atoms with Gasteiger partial charge in [0.15, 0.2) is 0 Å². The van der Waals surface area contributed by atoms with Crippen LogP contribution in [-0.4, -0.2) is 39.9 Å². The van der Waals surface area contributed by atoms with Gasteiger partial charge >= 0.3 is 0 Å². The SMILES string of the molecule is CCn1ncc(-c2cc(C(=O)NCCCOC(C)C)c3ccccc3n2)c1C. The van der Waals surface area contributed by atoms with E-state index in [9.17, 15) is 4.79 Å². The minimum absolute atomic E-state index is 0.0927. The van der Waals surface area contributed by atoms with Crippen LogP contribution in [0.4, 0.5) is 0 Å². The zero-order chi connectivity index (χ0) is 20.1. The molecule has 2 heterocycles. The van der Waals surface area contributed by atoms with E-state index in [1.54, 1.807) is 0 Å². The largest absolute Gasteiger partial charge is 0.379 e. The molecular formula is C22H28N4O2. The van der Waals surface area contributed by atoms with Gasteiger partial charge in [-0.25, -0.2) is 4.98 Å².